The molecule has 2 N–H and O–H groups in total. The van der Waals surface area contributed by atoms with Crippen molar-refractivity contribution in [1.29, 1.82) is 0 Å². The molecule has 0 unspecified atom stereocenters. The molecule has 1 saturated heterocycles. The van der Waals surface area contributed by atoms with Gasteiger partial charge in [0.15, 0.2) is 5.82 Å². The summed E-state index contributed by atoms with van der Waals surface area (Å²) in [5.74, 6) is -0.369. The van der Waals surface area contributed by atoms with Gasteiger partial charge in [-0.25, -0.2) is 4.39 Å². The fraction of sp³-hybridized carbons (Fsp3) is 0.538. The number of hydrogen-bond acceptors (Lipinski definition) is 3. The summed E-state index contributed by atoms with van der Waals surface area (Å²) in [6.45, 7) is 6.08. The topological polar surface area (TPSA) is 32.5 Å². The van der Waals surface area contributed by atoms with E-state index in [1.54, 1.807) is 6.07 Å². The predicted octanol–water partition coefficient (Wildman–Crippen LogP) is 2.70. The van der Waals surface area contributed by atoms with Gasteiger partial charge in [0.25, 0.3) is 0 Å². The third-order valence-corrected chi connectivity index (χ3v) is 4.42. The number of likely N-dealkylation sites (N-methyl/N-ethyl adjacent to an activating group) is 1. The number of hydrogen-bond donors (Lipinski definition) is 1. The van der Waals surface area contributed by atoms with Crippen LogP contribution in [0.5, 0.6) is 0 Å². The van der Waals surface area contributed by atoms with Crippen LogP contribution < -0.4 is 10.6 Å². The van der Waals surface area contributed by atoms with E-state index in [0.29, 0.717) is 16.6 Å². The summed E-state index contributed by atoms with van der Waals surface area (Å²) in [6, 6.07) is 4.46. The highest BCUT2D eigenvalue weighted by atomic mass is 79.9. The molecule has 1 aliphatic heterocycles. The first kappa shape index (κ1) is 13.6. The number of nitrogen functional groups attached to an aromatic ring is 1. The number of rotatable bonds is 1. The van der Waals surface area contributed by atoms with E-state index in [9.17, 15) is 4.39 Å². The minimum Gasteiger partial charge on any atom is -0.395 e. The Kier molecular flexibility index (Phi) is 3.82. The van der Waals surface area contributed by atoms with E-state index >= 15 is 0 Å². The maximum Gasteiger partial charge on any atom is 0.162 e. The van der Waals surface area contributed by atoms with Crippen molar-refractivity contribution in [1.82, 2.24) is 4.90 Å². The minimum absolute atomic E-state index is 0.230. The van der Waals surface area contributed by atoms with Gasteiger partial charge in [0.2, 0.25) is 0 Å². The van der Waals surface area contributed by atoms with Gasteiger partial charge in [-0.1, -0.05) is 0 Å². The van der Waals surface area contributed by atoms with Crippen molar-refractivity contribution in [3.63, 3.8) is 0 Å². The first-order valence-corrected chi connectivity index (χ1v) is 6.91. The molecule has 1 heterocycles. The molecule has 5 heteroatoms. The molecular weight excluding hydrogens is 297 g/mol. The molecule has 2 atom stereocenters. The van der Waals surface area contributed by atoms with Crippen molar-refractivity contribution in [2.75, 3.05) is 30.8 Å². The lowest BCUT2D eigenvalue weighted by molar-refractivity contribution is 0.170. The Balaban J connectivity index is 2.30. The molecule has 0 aliphatic carbocycles. The second kappa shape index (κ2) is 5.05. The van der Waals surface area contributed by atoms with Crippen molar-refractivity contribution >= 4 is 27.3 Å². The first-order chi connectivity index (χ1) is 8.41. The van der Waals surface area contributed by atoms with Crippen LogP contribution in [0.2, 0.25) is 0 Å². The first-order valence-electron chi connectivity index (χ1n) is 6.12. The summed E-state index contributed by atoms with van der Waals surface area (Å²) in [5.41, 5.74) is 6.90. The summed E-state index contributed by atoms with van der Waals surface area (Å²) in [6.07, 6.45) is 0. The lowest BCUT2D eigenvalue weighted by Crippen LogP contribution is -2.55. The largest absolute Gasteiger partial charge is 0.395 e. The van der Waals surface area contributed by atoms with Crippen LogP contribution in [0, 0.1) is 5.82 Å². The van der Waals surface area contributed by atoms with Gasteiger partial charge in [0.05, 0.1) is 15.8 Å². The second-order valence-electron chi connectivity index (χ2n) is 5.06. The molecule has 0 radical (unpaired) electrons. The van der Waals surface area contributed by atoms with Crippen LogP contribution in [-0.2, 0) is 0 Å². The van der Waals surface area contributed by atoms with Crippen LogP contribution in [0.1, 0.15) is 13.8 Å². The van der Waals surface area contributed by atoms with E-state index in [4.69, 9.17) is 5.73 Å². The summed E-state index contributed by atoms with van der Waals surface area (Å²) in [4.78, 5) is 4.50. The Morgan fingerprint density at radius 1 is 1.28 bits per heavy atom. The summed E-state index contributed by atoms with van der Waals surface area (Å²) in [5, 5.41) is 0. The predicted molar refractivity (Wildman–Crippen MR) is 77.4 cm³/mol. The van der Waals surface area contributed by atoms with E-state index in [-0.39, 0.29) is 11.5 Å². The Hall–Kier alpha value is -0.810. The van der Waals surface area contributed by atoms with E-state index in [0.717, 1.165) is 18.8 Å². The Morgan fingerprint density at radius 3 is 2.39 bits per heavy atom. The molecule has 1 aliphatic rings. The van der Waals surface area contributed by atoms with Crippen LogP contribution in [0.3, 0.4) is 0 Å². The lowest BCUT2D eigenvalue weighted by atomic mass is 10.1. The Bertz CT molecular complexity index is 440. The van der Waals surface area contributed by atoms with Crippen LogP contribution >= 0.6 is 15.9 Å². The SMILES string of the molecule is C[C@@H]1CN(c2ccc(Br)c(F)c2N)C[C@H](C)N1C. The molecule has 0 spiro atoms. The monoisotopic (exact) mass is 315 g/mol. The summed E-state index contributed by atoms with van der Waals surface area (Å²) in [7, 11) is 2.12. The zero-order valence-corrected chi connectivity index (χ0v) is 12.5. The smallest absolute Gasteiger partial charge is 0.162 e. The van der Waals surface area contributed by atoms with Gasteiger partial charge in [0.1, 0.15) is 0 Å². The van der Waals surface area contributed by atoms with Crippen molar-refractivity contribution in [3.05, 3.63) is 22.4 Å². The number of anilines is 2. The van der Waals surface area contributed by atoms with Crippen molar-refractivity contribution in [3.8, 4) is 0 Å². The molecule has 0 amide bonds. The molecule has 3 nitrogen and oxygen atoms in total. The fourth-order valence-electron chi connectivity index (χ4n) is 2.43. The third kappa shape index (κ3) is 2.34. The Labute approximate surface area is 116 Å². The quantitative estimate of drug-likeness (QED) is 0.809. The van der Waals surface area contributed by atoms with E-state index < -0.39 is 0 Å². The average molecular weight is 316 g/mol. The van der Waals surface area contributed by atoms with Crippen LogP contribution in [0.25, 0.3) is 0 Å². The maximum absolute atomic E-state index is 13.8. The second-order valence-corrected chi connectivity index (χ2v) is 5.92. The number of benzene rings is 1. The van der Waals surface area contributed by atoms with E-state index in [1.165, 1.54) is 0 Å². The van der Waals surface area contributed by atoms with Crippen molar-refractivity contribution in [2.45, 2.75) is 25.9 Å². The van der Waals surface area contributed by atoms with Gasteiger partial charge in [0, 0.05) is 25.2 Å². The molecule has 100 valence electrons. The standard InChI is InChI=1S/C13H19BrFN3/c1-8-6-18(7-9(2)17(8)3)11-5-4-10(14)12(15)13(11)16/h4-5,8-9H,6-7,16H2,1-3H3/t8-,9+. The van der Waals surface area contributed by atoms with Gasteiger partial charge in [-0.2, -0.15) is 0 Å². The van der Waals surface area contributed by atoms with Gasteiger partial charge in [-0.15, -0.1) is 0 Å². The van der Waals surface area contributed by atoms with Crippen LogP contribution in [0.4, 0.5) is 15.8 Å². The number of nitrogens with zero attached hydrogens (tertiary/aromatic N) is 2. The molecule has 1 aromatic carbocycles. The van der Waals surface area contributed by atoms with Gasteiger partial charge in [-0.3, -0.25) is 4.90 Å². The van der Waals surface area contributed by atoms with Gasteiger partial charge in [-0.05, 0) is 49.0 Å². The lowest BCUT2D eigenvalue weighted by Gasteiger charge is -2.43. The molecule has 2 rings (SSSR count). The Morgan fingerprint density at radius 2 is 1.83 bits per heavy atom. The average Bonchev–Trinajstić information content (AvgIpc) is 2.33. The fourth-order valence-corrected chi connectivity index (χ4v) is 2.78. The van der Waals surface area contributed by atoms with E-state index in [1.807, 2.05) is 6.07 Å². The minimum atomic E-state index is -0.369. The highest BCUT2D eigenvalue weighted by Gasteiger charge is 2.28. The van der Waals surface area contributed by atoms with E-state index in [2.05, 4.69) is 46.6 Å². The molecule has 0 saturated carbocycles. The van der Waals surface area contributed by atoms with Gasteiger partial charge >= 0.3 is 0 Å². The van der Waals surface area contributed by atoms with Crippen LogP contribution in [-0.4, -0.2) is 37.1 Å². The highest BCUT2D eigenvalue weighted by Crippen LogP contribution is 2.32. The molecular formula is C13H19BrFN3. The molecule has 0 bridgehead atoms. The summed E-state index contributed by atoms with van der Waals surface area (Å²) >= 11 is 3.16. The molecule has 18 heavy (non-hydrogen) atoms. The third-order valence-electron chi connectivity index (χ3n) is 3.81. The zero-order valence-electron chi connectivity index (χ0n) is 11.0. The maximum atomic E-state index is 13.8. The number of piperazine rings is 1. The molecule has 0 aromatic heterocycles. The van der Waals surface area contributed by atoms with Crippen molar-refractivity contribution < 1.29 is 4.39 Å². The van der Waals surface area contributed by atoms with Crippen LogP contribution in [0.15, 0.2) is 16.6 Å². The zero-order chi connectivity index (χ0) is 13.4. The molecule has 1 fully saturated rings. The number of nitrogens with two attached hydrogens (primary N) is 1. The summed E-state index contributed by atoms with van der Waals surface area (Å²) < 4.78 is 14.2. The highest BCUT2D eigenvalue weighted by molar-refractivity contribution is 9.10. The number of halogens is 2. The normalized spacial score (nSPS) is 25.5. The van der Waals surface area contributed by atoms with Gasteiger partial charge < -0.3 is 10.6 Å². The molecule has 1 aromatic rings. The van der Waals surface area contributed by atoms with Crippen molar-refractivity contribution in [2.24, 2.45) is 0 Å².